The van der Waals surface area contributed by atoms with Gasteiger partial charge in [0.15, 0.2) is 0 Å². The Hall–Kier alpha value is -4.40. The maximum atomic E-state index is 4.84. The lowest BCUT2D eigenvalue weighted by molar-refractivity contribution is 0.553. The highest BCUT2D eigenvalue weighted by Gasteiger charge is 2.38. The van der Waals surface area contributed by atoms with E-state index in [9.17, 15) is 0 Å². The summed E-state index contributed by atoms with van der Waals surface area (Å²) in [6.45, 7) is 9.64. The van der Waals surface area contributed by atoms with Crippen molar-refractivity contribution < 1.29 is 0 Å². The first-order valence-electron chi connectivity index (χ1n) is 15.4. The predicted molar refractivity (Wildman–Crippen MR) is 186 cm³/mol. The third-order valence-electron chi connectivity index (χ3n) is 9.61. The summed E-state index contributed by atoms with van der Waals surface area (Å²) in [7, 11) is 0. The Morgan fingerprint density at radius 1 is 0.767 bits per heavy atom. The maximum absolute atomic E-state index is 4.84. The van der Waals surface area contributed by atoms with Crippen LogP contribution < -0.4 is 4.90 Å². The van der Waals surface area contributed by atoms with E-state index in [-0.39, 0.29) is 5.41 Å². The van der Waals surface area contributed by atoms with Crippen LogP contribution >= 0.6 is 11.3 Å². The number of rotatable bonds is 2. The molecule has 210 valence electrons. The second-order valence-electron chi connectivity index (χ2n) is 12.4. The Morgan fingerprint density at radius 2 is 1.56 bits per heavy atom. The van der Waals surface area contributed by atoms with Gasteiger partial charge in [-0.25, -0.2) is 0 Å². The van der Waals surface area contributed by atoms with E-state index in [1.807, 2.05) is 11.3 Å². The van der Waals surface area contributed by atoms with Gasteiger partial charge in [-0.15, -0.1) is 11.3 Å². The van der Waals surface area contributed by atoms with Gasteiger partial charge in [0.2, 0.25) is 0 Å². The minimum atomic E-state index is -0.137. The number of hydrogen-bond donors (Lipinski definition) is 0. The molecule has 0 N–H and O–H groups in total. The molecule has 2 heteroatoms. The van der Waals surface area contributed by atoms with E-state index in [1.54, 1.807) is 0 Å². The van der Waals surface area contributed by atoms with Crippen molar-refractivity contribution in [3.05, 3.63) is 161 Å². The minimum absolute atomic E-state index is 0.137. The summed E-state index contributed by atoms with van der Waals surface area (Å²) in [5.41, 5.74) is 13.1. The van der Waals surface area contributed by atoms with Crippen LogP contribution in [0.4, 0.5) is 5.69 Å². The maximum Gasteiger partial charge on any atom is 0.0462 e. The van der Waals surface area contributed by atoms with E-state index in [0.29, 0.717) is 0 Å². The molecule has 0 atom stereocenters. The van der Waals surface area contributed by atoms with Crippen molar-refractivity contribution in [2.75, 3.05) is 4.90 Å². The van der Waals surface area contributed by atoms with Gasteiger partial charge in [-0.1, -0.05) is 105 Å². The zero-order chi connectivity index (χ0) is 29.1. The van der Waals surface area contributed by atoms with Crippen LogP contribution in [0.5, 0.6) is 0 Å². The Kier molecular flexibility index (Phi) is 6.17. The summed E-state index contributed by atoms with van der Waals surface area (Å²) in [5.74, 6) is 0. The smallest absolute Gasteiger partial charge is 0.0462 e. The molecule has 0 unspecified atom stereocenters. The first kappa shape index (κ1) is 26.2. The van der Waals surface area contributed by atoms with Gasteiger partial charge in [0.25, 0.3) is 0 Å². The van der Waals surface area contributed by atoms with Crippen LogP contribution in [0.2, 0.25) is 0 Å². The van der Waals surface area contributed by atoms with Crippen molar-refractivity contribution in [1.29, 1.82) is 0 Å². The fourth-order valence-corrected chi connectivity index (χ4v) is 8.75. The number of thiophene rings is 1. The molecule has 4 aliphatic rings. The molecule has 1 aromatic heterocycles. The minimum Gasteiger partial charge on any atom is -0.317 e. The molecule has 0 saturated heterocycles. The average Bonchev–Trinajstić information content (AvgIpc) is 3.39. The van der Waals surface area contributed by atoms with Crippen molar-refractivity contribution in [2.24, 2.45) is 5.41 Å². The molecular formula is C41H35NS. The number of fused-ring (bicyclic) bond motifs is 5. The number of hydrogen-bond acceptors (Lipinski definition) is 2. The van der Waals surface area contributed by atoms with Crippen molar-refractivity contribution in [2.45, 2.75) is 39.5 Å². The van der Waals surface area contributed by atoms with Crippen molar-refractivity contribution >= 4 is 37.2 Å². The van der Waals surface area contributed by atoms with Crippen LogP contribution in [0.1, 0.15) is 39.5 Å². The largest absolute Gasteiger partial charge is 0.317 e. The van der Waals surface area contributed by atoms with Crippen LogP contribution in [-0.2, 0) is 0 Å². The number of allylic oxidation sites excluding steroid dienone is 12. The van der Waals surface area contributed by atoms with Gasteiger partial charge in [-0.05, 0) is 89.0 Å². The van der Waals surface area contributed by atoms with E-state index in [2.05, 4.69) is 134 Å². The standard InChI is InChI=1S/C41H35NS/c1-27-39-34-19-5-4-16-31(34)32-17-6-8-22-36(32)41(2,3)37(39)23-10-11-25-42(27)29-15-12-14-28(26-29)30-20-13-21-35-33-18-7-9-24-38(33)43-40(30)35/h4,7-16,18,20-26H,1,5-6,17,19H2,2-3H3/b23-10-,25-11-. The Morgan fingerprint density at radius 3 is 2.47 bits per heavy atom. The van der Waals surface area contributed by atoms with E-state index < -0.39 is 0 Å². The van der Waals surface area contributed by atoms with Crippen molar-refractivity contribution in [3.8, 4) is 11.1 Å². The SMILES string of the molecule is C=C1C2=C(/C=C\C=C/N1c1cccc(-c3cccc4c3sc3ccccc34)c1)C(C)(C)C1=C(CCC=C1)C1=C2CCC=C1. The molecule has 0 bridgehead atoms. The van der Waals surface area contributed by atoms with E-state index >= 15 is 0 Å². The Balaban J connectivity index is 1.28. The van der Waals surface area contributed by atoms with Gasteiger partial charge in [0.05, 0.1) is 0 Å². The molecule has 0 saturated carbocycles. The second kappa shape index (κ2) is 10.1. The highest BCUT2D eigenvalue weighted by molar-refractivity contribution is 7.26. The molecule has 0 fully saturated rings. The third-order valence-corrected chi connectivity index (χ3v) is 10.8. The summed E-state index contributed by atoms with van der Waals surface area (Å²) in [5, 5.41) is 2.66. The first-order valence-corrected chi connectivity index (χ1v) is 16.2. The molecule has 1 nitrogen and oxygen atoms in total. The quantitative estimate of drug-likeness (QED) is 0.230. The summed E-state index contributed by atoms with van der Waals surface area (Å²) in [6, 6.07) is 24.5. The summed E-state index contributed by atoms with van der Waals surface area (Å²) < 4.78 is 2.68. The Bertz CT molecular complexity index is 2060. The van der Waals surface area contributed by atoms with Gasteiger partial charge in [0.1, 0.15) is 0 Å². The summed E-state index contributed by atoms with van der Waals surface area (Å²) in [6.07, 6.45) is 22.7. The molecule has 0 radical (unpaired) electrons. The van der Waals surface area contributed by atoms with Gasteiger partial charge in [0, 0.05) is 48.7 Å². The van der Waals surface area contributed by atoms with Crippen LogP contribution in [0.25, 0.3) is 31.3 Å². The zero-order valence-electron chi connectivity index (χ0n) is 24.9. The molecular weight excluding hydrogens is 539 g/mol. The summed E-state index contributed by atoms with van der Waals surface area (Å²) in [4.78, 5) is 2.31. The highest BCUT2D eigenvalue weighted by atomic mass is 32.1. The lowest BCUT2D eigenvalue weighted by atomic mass is 9.71. The molecule has 1 aliphatic heterocycles. The molecule has 4 aromatic rings. The number of benzene rings is 3. The fourth-order valence-electron chi connectivity index (χ4n) is 7.52. The van der Waals surface area contributed by atoms with Crippen LogP contribution in [0, 0.1) is 5.41 Å². The van der Waals surface area contributed by atoms with Gasteiger partial charge in [-0.3, -0.25) is 0 Å². The van der Waals surface area contributed by atoms with E-state index in [4.69, 9.17) is 6.58 Å². The molecule has 2 heterocycles. The van der Waals surface area contributed by atoms with Gasteiger partial charge < -0.3 is 4.90 Å². The third kappa shape index (κ3) is 4.12. The number of anilines is 1. The predicted octanol–water partition coefficient (Wildman–Crippen LogP) is 11.8. The molecule has 0 spiro atoms. The van der Waals surface area contributed by atoms with Crippen LogP contribution in [-0.4, -0.2) is 0 Å². The van der Waals surface area contributed by atoms with Gasteiger partial charge in [-0.2, -0.15) is 0 Å². The molecule has 3 aliphatic carbocycles. The molecule has 8 rings (SSSR count). The van der Waals surface area contributed by atoms with E-state index in [0.717, 1.165) is 37.1 Å². The first-order chi connectivity index (χ1) is 21.0. The summed E-state index contributed by atoms with van der Waals surface area (Å²) >= 11 is 1.89. The lowest BCUT2D eigenvalue weighted by Gasteiger charge is -2.35. The number of nitrogens with zero attached hydrogens (tertiary/aromatic N) is 1. The van der Waals surface area contributed by atoms with Crippen molar-refractivity contribution in [1.82, 2.24) is 0 Å². The lowest BCUT2D eigenvalue weighted by Crippen LogP contribution is -2.24. The van der Waals surface area contributed by atoms with E-state index in [1.165, 1.54) is 64.7 Å². The highest BCUT2D eigenvalue weighted by Crippen LogP contribution is 2.52. The monoisotopic (exact) mass is 573 g/mol. The molecule has 43 heavy (non-hydrogen) atoms. The molecule has 0 amide bonds. The van der Waals surface area contributed by atoms with Gasteiger partial charge >= 0.3 is 0 Å². The zero-order valence-corrected chi connectivity index (χ0v) is 25.7. The Labute approximate surface area is 258 Å². The average molecular weight is 574 g/mol. The van der Waals surface area contributed by atoms with Crippen LogP contribution in [0.15, 0.2) is 161 Å². The second-order valence-corrected chi connectivity index (χ2v) is 13.5. The van der Waals surface area contributed by atoms with Crippen molar-refractivity contribution in [3.63, 3.8) is 0 Å². The fraction of sp³-hybridized carbons (Fsp3) is 0.171. The van der Waals surface area contributed by atoms with Crippen LogP contribution in [0.3, 0.4) is 0 Å². The topological polar surface area (TPSA) is 3.24 Å². The molecule has 3 aromatic carbocycles. The normalized spacial score (nSPS) is 21.0.